The van der Waals surface area contributed by atoms with E-state index in [0.29, 0.717) is 20.9 Å². The Morgan fingerprint density at radius 2 is 2.00 bits per heavy atom. The number of nitrogens with one attached hydrogen (secondary N) is 1. The fourth-order valence-electron chi connectivity index (χ4n) is 1.28. The lowest BCUT2D eigenvalue weighted by atomic mass is 10.2. The highest BCUT2D eigenvalue weighted by Gasteiger charge is 2.06. The van der Waals surface area contributed by atoms with Gasteiger partial charge in [0.25, 0.3) is 5.91 Å². The van der Waals surface area contributed by atoms with Gasteiger partial charge in [-0.3, -0.25) is 4.79 Å². The van der Waals surface area contributed by atoms with Gasteiger partial charge < -0.3 is 5.32 Å². The van der Waals surface area contributed by atoms with E-state index in [1.165, 1.54) is 6.20 Å². The molecule has 1 amide bonds. The van der Waals surface area contributed by atoms with E-state index < -0.39 is 0 Å². The van der Waals surface area contributed by atoms with Gasteiger partial charge in [0.05, 0.1) is 16.4 Å². The van der Waals surface area contributed by atoms with E-state index in [9.17, 15) is 4.79 Å². The zero-order chi connectivity index (χ0) is 12.3. The van der Waals surface area contributed by atoms with Crippen molar-refractivity contribution >= 4 is 39.1 Å². The third kappa shape index (κ3) is 3.05. The van der Waals surface area contributed by atoms with Crippen LogP contribution in [0.2, 0.25) is 5.15 Å². The van der Waals surface area contributed by atoms with Crippen LogP contribution in [0.3, 0.4) is 0 Å². The lowest BCUT2D eigenvalue weighted by Crippen LogP contribution is -2.11. The van der Waals surface area contributed by atoms with Crippen molar-refractivity contribution in [3.8, 4) is 0 Å². The van der Waals surface area contributed by atoms with Gasteiger partial charge in [0.15, 0.2) is 0 Å². The molecule has 0 unspecified atom stereocenters. The van der Waals surface area contributed by atoms with Crippen molar-refractivity contribution in [3.05, 3.63) is 57.8 Å². The highest BCUT2D eigenvalue weighted by molar-refractivity contribution is 9.10. The fraction of sp³-hybridized carbons (Fsp3) is 0. The van der Waals surface area contributed by atoms with E-state index in [2.05, 4.69) is 26.2 Å². The van der Waals surface area contributed by atoms with Crippen LogP contribution in [0.15, 0.2) is 47.1 Å². The third-order valence-corrected chi connectivity index (χ3v) is 3.22. The average Bonchev–Trinajstić information content (AvgIpc) is 2.35. The number of hydrogen-bond acceptors (Lipinski definition) is 2. The SMILES string of the molecule is O=C(Nc1cnc(Cl)c(Br)c1)c1ccccc1. The minimum Gasteiger partial charge on any atom is -0.321 e. The number of hydrogen-bond donors (Lipinski definition) is 1. The highest BCUT2D eigenvalue weighted by atomic mass is 79.9. The first-order valence-corrected chi connectivity index (χ1v) is 6.01. The maximum absolute atomic E-state index is 11.8. The van der Waals surface area contributed by atoms with Crippen molar-refractivity contribution in [1.82, 2.24) is 4.98 Å². The van der Waals surface area contributed by atoms with Crippen LogP contribution in [0.1, 0.15) is 10.4 Å². The Kier molecular flexibility index (Phi) is 3.76. The van der Waals surface area contributed by atoms with Crippen LogP contribution in [0.25, 0.3) is 0 Å². The monoisotopic (exact) mass is 310 g/mol. The Balaban J connectivity index is 2.16. The van der Waals surface area contributed by atoms with Gasteiger partial charge in [-0.25, -0.2) is 4.98 Å². The number of benzene rings is 1. The van der Waals surface area contributed by atoms with Gasteiger partial charge in [0.1, 0.15) is 5.15 Å². The molecule has 17 heavy (non-hydrogen) atoms. The maximum atomic E-state index is 11.8. The molecule has 1 aromatic heterocycles. The molecule has 86 valence electrons. The molecule has 0 saturated heterocycles. The number of amides is 1. The van der Waals surface area contributed by atoms with E-state index in [1.807, 2.05) is 18.2 Å². The minimum atomic E-state index is -0.179. The fourth-order valence-corrected chi connectivity index (χ4v) is 1.73. The van der Waals surface area contributed by atoms with Gasteiger partial charge in [-0.05, 0) is 34.1 Å². The summed E-state index contributed by atoms with van der Waals surface area (Å²) in [5, 5.41) is 3.10. The van der Waals surface area contributed by atoms with Gasteiger partial charge in [-0.15, -0.1) is 0 Å². The summed E-state index contributed by atoms with van der Waals surface area (Å²) in [5.74, 6) is -0.179. The van der Waals surface area contributed by atoms with Crippen LogP contribution in [0.4, 0.5) is 5.69 Å². The van der Waals surface area contributed by atoms with Crippen molar-refractivity contribution in [3.63, 3.8) is 0 Å². The molecule has 0 spiro atoms. The van der Waals surface area contributed by atoms with Gasteiger partial charge in [0.2, 0.25) is 0 Å². The predicted octanol–water partition coefficient (Wildman–Crippen LogP) is 3.75. The number of carbonyl (C=O) groups is 1. The summed E-state index contributed by atoms with van der Waals surface area (Å²) in [5.41, 5.74) is 1.19. The van der Waals surface area contributed by atoms with E-state index in [1.54, 1.807) is 18.2 Å². The van der Waals surface area contributed by atoms with E-state index in [-0.39, 0.29) is 5.91 Å². The number of nitrogens with zero attached hydrogens (tertiary/aromatic N) is 1. The second kappa shape index (κ2) is 5.29. The van der Waals surface area contributed by atoms with Crippen LogP contribution in [-0.4, -0.2) is 10.9 Å². The van der Waals surface area contributed by atoms with Gasteiger partial charge in [-0.1, -0.05) is 29.8 Å². The Morgan fingerprint density at radius 3 is 2.65 bits per heavy atom. The van der Waals surface area contributed by atoms with Crippen LogP contribution in [0.5, 0.6) is 0 Å². The van der Waals surface area contributed by atoms with Crippen LogP contribution >= 0.6 is 27.5 Å². The maximum Gasteiger partial charge on any atom is 0.255 e. The molecule has 0 saturated carbocycles. The van der Waals surface area contributed by atoms with Crippen molar-refractivity contribution in [2.75, 3.05) is 5.32 Å². The molecule has 3 nitrogen and oxygen atoms in total. The van der Waals surface area contributed by atoms with E-state index in [4.69, 9.17) is 11.6 Å². The molecular formula is C12H8BrClN2O. The summed E-state index contributed by atoms with van der Waals surface area (Å²) in [6, 6.07) is 10.7. The van der Waals surface area contributed by atoms with E-state index >= 15 is 0 Å². The lowest BCUT2D eigenvalue weighted by molar-refractivity contribution is 0.102. The number of carbonyl (C=O) groups excluding carboxylic acids is 1. The Morgan fingerprint density at radius 1 is 1.29 bits per heavy atom. The van der Waals surface area contributed by atoms with Gasteiger partial charge >= 0.3 is 0 Å². The highest BCUT2D eigenvalue weighted by Crippen LogP contribution is 2.23. The van der Waals surface area contributed by atoms with Crippen LogP contribution < -0.4 is 5.32 Å². The smallest absolute Gasteiger partial charge is 0.255 e. The van der Waals surface area contributed by atoms with Gasteiger partial charge in [0, 0.05) is 5.56 Å². The van der Waals surface area contributed by atoms with Gasteiger partial charge in [-0.2, -0.15) is 0 Å². The Bertz CT molecular complexity index is 545. The van der Waals surface area contributed by atoms with Crippen LogP contribution in [0, 0.1) is 0 Å². The first-order valence-electron chi connectivity index (χ1n) is 4.84. The topological polar surface area (TPSA) is 42.0 Å². The average molecular weight is 312 g/mol. The van der Waals surface area contributed by atoms with E-state index in [0.717, 1.165) is 0 Å². The normalized spacial score (nSPS) is 10.0. The summed E-state index contributed by atoms with van der Waals surface area (Å²) in [4.78, 5) is 15.8. The first-order chi connectivity index (χ1) is 8.16. The quantitative estimate of drug-likeness (QED) is 0.858. The zero-order valence-electron chi connectivity index (χ0n) is 8.65. The Labute approximate surface area is 112 Å². The summed E-state index contributed by atoms with van der Waals surface area (Å²) in [6.45, 7) is 0. The van der Waals surface area contributed by atoms with Crippen molar-refractivity contribution in [1.29, 1.82) is 0 Å². The molecule has 0 fully saturated rings. The minimum absolute atomic E-state index is 0.179. The molecule has 2 aromatic rings. The summed E-state index contributed by atoms with van der Waals surface area (Å²) < 4.78 is 0.644. The molecule has 0 aliphatic carbocycles. The molecule has 2 rings (SSSR count). The zero-order valence-corrected chi connectivity index (χ0v) is 11.0. The molecule has 0 radical (unpaired) electrons. The second-order valence-corrected chi connectivity index (χ2v) is 4.53. The van der Waals surface area contributed by atoms with Crippen molar-refractivity contribution < 1.29 is 4.79 Å². The van der Waals surface area contributed by atoms with Crippen molar-refractivity contribution in [2.45, 2.75) is 0 Å². The molecule has 5 heteroatoms. The number of rotatable bonds is 2. The standard InChI is InChI=1S/C12H8BrClN2O/c13-10-6-9(7-15-11(10)14)16-12(17)8-4-2-1-3-5-8/h1-7H,(H,16,17). The molecule has 0 atom stereocenters. The molecule has 0 aliphatic rings. The largest absolute Gasteiger partial charge is 0.321 e. The summed E-state index contributed by atoms with van der Waals surface area (Å²) >= 11 is 9.01. The molecule has 1 aromatic carbocycles. The predicted molar refractivity (Wildman–Crippen MR) is 71.3 cm³/mol. The first kappa shape index (κ1) is 12.1. The number of aromatic nitrogens is 1. The Hall–Kier alpha value is -1.39. The molecule has 0 aliphatic heterocycles. The van der Waals surface area contributed by atoms with Crippen LogP contribution in [-0.2, 0) is 0 Å². The third-order valence-electron chi connectivity index (χ3n) is 2.09. The lowest BCUT2D eigenvalue weighted by Gasteiger charge is -2.05. The number of halogens is 2. The molecule has 1 heterocycles. The molecular weight excluding hydrogens is 304 g/mol. The second-order valence-electron chi connectivity index (χ2n) is 3.32. The molecule has 1 N–H and O–H groups in total. The molecule has 0 bridgehead atoms. The number of anilines is 1. The number of pyridine rings is 1. The van der Waals surface area contributed by atoms with Crippen molar-refractivity contribution in [2.24, 2.45) is 0 Å². The summed E-state index contributed by atoms with van der Waals surface area (Å²) in [6.07, 6.45) is 1.51. The summed E-state index contributed by atoms with van der Waals surface area (Å²) in [7, 11) is 0.